The first kappa shape index (κ1) is 22.0. The molecule has 1 fully saturated rings. The maximum atomic E-state index is 12.9. The summed E-state index contributed by atoms with van der Waals surface area (Å²) in [4.78, 5) is 16.9. The summed E-state index contributed by atoms with van der Waals surface area (Å²) in [7, 11) is -0.993. The van der Waals surface area contributed by atoms with Gasteiger partial charge in [-0.3, -0.25) is 14.4 Å². The predicted molar refractivity (Wildman–Crippen MR) is 114 cm³/mol. The number of rotatable bonds is 8. The number of sulfone groups is 1. The largest absolute Gasteiger partial charge is 0.315 e. The first-order valence-electron chi connectivity index (χ1n) is 10.6. The Kier molecular flexibility index (Phi) is 6.83. The molecule has 0 spiro atoms. The van der Waals surface area contributed by atoms with Crippen LogP contribution in [0.5, 0.6) is 0 Å². The third kappa shape index (κ3) is 5.09. The summed E-state index contributed by atoms with van der Waals surface area (Å²) in [5.74, 6) is 0.555. The molecule has 162 valence electrons. The average molecular weight is 423 g/mol. The van der Waals surface area contributed by atoms with Crippen molar-refractivity contribution in [1.82, 2.24) is 19.6 Å². The number of aromatic nitrogens is 2. The van der Waals surface area contributed by atoms with E-state index in [1.807, 2.05) is 35.4 Å². The third-order valence-electron chi connectivity index (χ3n) is 5.97. The van der Waals surface area contributed by atoms with Crippen LogP contribution >= 0.6 is 0 Å². The maximum absolute atomic E-state index is 12.9. The Morgan fingerprint density at radius 3 is 2.69 bits per heavy atom. The number of hydrogen-bond donors (Lipinski definition) is 0. The third-order valence-corrected chi connectivity index (χ3v) is 7.72. The van der Waals surface area contributed by atoms with E-state index in [2.05, 4.69) is 18.1 Å². The highest BCUT2D eigenvalue weighted by Gasteiger charge is 2.31. The monoisotopic (exact) mass is 422 g/mol. The molecule has 0 unspecified atom stereocenters. The maximum Gasteiger partial charge on any atom is 0.240 e. The molecule has 1 saturated heterocycles. The van der Waals surface area contributed by atoms with E-state index in [0.717, 1.165) is 49.2 Å². The molecule has 1 atom stereocenters. The molecule has 2 aliphatic rings. The lowest BCUT2D eigenvalue weighted by Gasteiger charge is -2.26. The van der Waals surface area contributed by atoms with E-state index in [4.69, 9.17) is 0 Å². The van der Waals surface area contributed by atoms with E-state index in [9.17, 15) is 13.2 Å². The van der Waals surface area contributed by atoms with Gasteiger partial charge in [-0.2, -0.15) is 5.10 Å². The van der Waals surface area contributed by atoms with Crippen LogP contribution in [0, 0.1) is 13.8 Å². The molecule has 1 aliphatic carbocycles. The predicted octanol–water partition coefficient (Wildman–Crippen LogP) is 2.60. The fourth-order valence-electron chi connectivity index (χ4n) is 4.44. The molecule has 8 heteroatoms. The molecular formula is C21H34N4O3S. The van der Waals surface area contributed by atoms with Crippen LogP contribution < -0.4 is 0 Å². The Balaban J connectivity index is 1.67. The zero-order chi connectivity index (χ0) is 21.2. The Morgan fingerprint density at radius 2 is 2.10 bits per heavy atom. The molecule has 0 radical (unpaired) electrons. The number of hydrogen-bond acceptors (Lipinski definition) is 5. The second-order valence-corrected chi connectivity index (χ2v) is 10.7. The second kappa shape index (κ2) is 9.00. The van der Waals surface area contributed by atoms with Crippen molar-refractivity contribution >= 4 is 15.7 Å². The fraction of sp³-hybridized carbons (Fsp3) is 0.714. The average Bonchev–Trinajstić information content (AvgIpc) is 3.35. The SMILES string of the molecule is CCCN(C(=O)CN(C)Cc1c(C)nn([C@@H]2CCS(=O)(=O)C2)c1C)C1=CCCC1. The number of likely N-dealkylation sites (N-methyl/N-ethyl adjacent to an activating group) is 1. The van der Waals surface area contributed by atoms with Crippen molar-refractivity contribution in [2.45, 2.75) is 65.5 Å². The van der Waals surface area contributed by atoms with E-state index >= 15 is 0 Å². The molecule has 1 aromatic rings. The number of amides is 1. The van der Waals surface area contributed by atoms with Crippen LogP contribution in [0.4, 0.5) is 0 Å². The lowest BCUT2D eigenvalue weighted by Crippen LogP contribution is -2.38. The van der Waals surface area contributed by atoms with Crippen LogP contribution in [-0.4, -0.2) is 65.5 Å². The fourth-order valence-corrected chi connectivity index (χ4v) is 6.13. The van der Waals surface area contributed by atoms with E-state index in [1.165, 1.54) is 5.70 Å². The molecule has 1 aromatic heterocycles. The van der Waals surface area contributed by atoms with Crippen molar-refractivity contribution in [1.29, 1.82) is 0 Å². The highest BCUT2D eigenvalue weighted by molar-refractivity contribution is 7.91. The molecular weight excluding hydrogens is 388 g/mol. The highest BCUT2D eigenvalue weighted by Crippen LogP contribution is 2.27. The smallest absolute Gasteiger partial charge is 0.240 e. The summed E-state index contributed by atoms with van der Waals surface area (Å²) in [5, 5.41) is 4.64. The van der Waals surface area contributed by atoms with Crippen molar-refractivity contribution in [3.8, 4) is 0 Å². The van der Waals surface area contributed by atoms with Gasteiger partial charge in [0.2, 0.25) is 5.91 Å². The Morgan fingerprint density at radius 1 is 1.34 bits per heavy atom. The summed E-state index contributed by atoms with van der Waals surface area (Å²) in [5.41, 5.74) is 4.18. The van der Waals surface area contributed by atoms with Gasteiger partial charge in [0, 0.05) is 30.0 Å². The van der Waals surface area contributed by atoms with Crippen LogP contribution in [0.2, 0.25) is 0 Å². The van der Waals surface area contributed by atoms with Gasteiger partial charge in [0.15, 0.2) is 9.84 Å². The number of nitrogens with zero attached hydrogens (tertiary/aromatic N) is 4. The minimum Gasteiger partial charge on any atom is -0.315 e. The molecule has 0 aromatic carbocycles. The van der Waals surface area contributed by atoms with E-state index < -0.39 is 9.84 Å². The van der Waals surface area contributed by atoms with Crippen LogP contribution in [0.1, 0.15) is 62.0 Å². The molecule has 3 rings (SSSR count). The van der Waals surface area contributed by atoms with Crippen molar-refractivity contribution < 1.29 is 13.2 Å². The van der Waals surface area contributed by atoms with Gasteiger partial charge in [0.25, 0.3) is 0 Å². The number of carbonyl (C=O) groups excluding carboxylic acids is 1. The normalized spacial score (nSPS) is 21.0. The van der Waals surface area contributed by atoms with Gasteiger partial charge in [-0.1, -0.05) is 13.0 Å². The molecule has 1 aliphatic heterocycles. The Bertz CT molecular complexity index is 888. The van der Waals surface area contributed by atoms with Crippen LogP contribution in [0.25, 0.3) is 0 Å². The Labute approximate surface area is 174 Å². The van der Waals surface area contributed by atoms with Crippen molar-refractivity contribution in [2.24, 2.45) is 0 Å². The zero-order valence-electron chi connectivity index (χ0n) is 18.1. The topological polar surface area (TPSA) is 75.5 Å². The van der Waals surface area contributed by atoms with Crippen LogP contribution in [0.15, 0.2) is 11.8 Å². The summed E-state index contributed by atoms with van der Waals surface area (Å²) in [6, 6.07) is -0.0752. The van der Waals surface area contributed by atoms with Crippen molar-refractivity contribution in [3.63, 3.8) is 0 Å². The van der Waals surface area contributed by atoms with E-state index in [1.54, 1.807) is 0 Å². The van der Waals surface area contributed by atoms with Gasteiger partial charge in [0.1, 0.15) is 0 Å². The zero-order valence-corrected chi connectivity index (χ0v) is 19.0. The highest BCUT2D eigenvalue weighted by atomic mass is 32.2. The molecule has 7 nitrogen and oxygen atoms in total. The molecule has 29 heavy (non-hydrogen) atoms. The van der Waals surface area contributed by atoms with Gasteiger partial charge in [-0.05, 0) is 53.0 Å². The summed E-state index contributed by atoms with van der Waals surface area (Å²) in [6.45, 7) is 7.82. The lowest BCUT2D eigenvalue weighted by atomic mass is 10.1. The van der Waals surface area contributed by atoms with Gasteiger partial charge in [-0.25, -0.2) is 8.42 Å². The first-order chi connectivity index (χ1) is 13.7. The van der Waals surface area contributed by atoms with Crippen LogP contribution in [-0.2, 0) is 21.2 Å². The number of allylic oxidation sites excluding steroid dienone is 2. The molecule has 1 amide bonds. The second-order valence-electron chi connectivity index (χ2n) is 8.46. The molecule has 0 saturated carbocycles. The van der Waals surface area contributed by atoms with Crippen molar-refractivity contribution in [3.05, 3.63) is 28.7 Å². The first-order valence-corrected chi connectivity index (χ1v) is 12.5. The van der Waals surface area contributed by atoms with Gasteiger partial charge >= 0.3 is 0 Å². The summed E-state index contributed by atoms with van der Waals surface area (Å²) in [6.07, 6.45) is 6.95. The summed E-state index contributed by atoms with van der Waals surface area (Å²) >= 11 is 0. The number of aryl methyl sites for hydroxylation is 1. The lowest BCUT2D eigenvalue weighted by molar-refractivity contribution is -0.130. The quantitative estimate of drug-likeness (QED) is 0.644. The van der Waals surface area contributed by atoms with Gasteiger partial charge in [0.05, 0.1) is 29.8 Å². The van der Waals surface area contributed by atoms with E-state index in [-0.39, 0.29) is 23.5 Å². The minimum absolute atomic E-state index is 0.0752. The standard InChI is InChI=1S/C21H34N4O3S/c1-5-11-24(18-8-6-7-9-18)21(26)14-23(4)13-20-16(2)22-25(17(20)3)19-10-12-29(27,28)15-19/h8,19H,5-7,9-15H2,1-4H3/t19-/m1/s1. The minimum atomic E-state index is -2.95. The molecule has 0 N–H and O–H groups in total. The van der Waals surface area contributed by atoms with Crippen molar-refractivity contribution in [2.75, 3.05) is 31.6 Å². The van der Waals surface area contributed by atoms with Crippen LogP contribution in [0.3, 0.4) is 0 Å². The summed E-state index contributed by atoms with van der Waals surface area (Å²) < 4.78 is 25.6. The molecule has 0 bridgehead atoms. The van der Waals surface area contributed by atoms with E-state index in [0.29, 0.717) is 19.5 Å². The molecule has 2 heterocycles. The Hall–Kier alpha value is -1.67. The van der Waals surface area contributed by atoms with Gasteiger partial charge < -0.3 is 4.90 Å². The number of carbonyl (C=O) groups is 1. The van der Waals surface area contributed by atoms with Gasteiger partial charge in [-0.15, -0.1) is 0 Å².